The zero-order valence-electron chi connectivity index (χ0n) is 50.6. The second-order valence-electron chi connectivity index (χ2n) is 20.8. The summed E-state index contributed by atoms with van der Waals surface area (Å²) in [4.78, 5) is 4.36. The normalized spacial score (nSPS) is 14.2. The molecule has 434 valence electrons. The van der Waals surface area contributed by atoms with Gasteiger partial charge in [-0.1, -0.05) is 261 Å². The van der Waals surface area contributed by atoms with E-state index in [1.54, 1.807) is 12.2 Å². The smallest absolute Gasteiger partial charge is 0.0560 e. The molecule has 0 amide bonds. The molecule has 0 aliphatic heterocycles. The molecule has 8 rings (SSSR count). The minimum absolute atomic E-state index is 0.0582. The summed E-state index contributed by atoms with van der Waals surface area (Å²) < 4.78 is 4.21. The number of nitrogens with zero attached hydrogens (tertiary/aromatic N) is 4. The summed E-state index contributed by atoms with van der Waals surface area (Å²) in [6, 6.07) is 50.9. The summed E-state index contributed by atoms with van der Waals surface area (Å²) in [5.74, 6) is 0. The Bertz CT molecular complexity index is 4200. The van der Waals surface area contributed by atoms with Crippen LogP contribution in [-0.4, -0.2) is 15.2 Å². The third-order valence-electron chi connectivity index (χ3n) is 15.1. The van der Waals surface area contributed by atoms with Crippen LogP contribution in [0.5, 0.6) is 0 Å². The lowest BCUT2D eigenvalue weighted by atomic mass is 9.96. The summed E-state index contributed by atoms with van der Waals surface area (Å²) in [5, 5.41) is 2.06. The molecule has 0 N–H and O–H groups in total. The number of para-hydroxylation sites is 2. The van der Waals surface area contributed by atoms with E-state index in [-0.39, 0.29) is 6.04 Å². The molecule has 0 fully saturated rings. The predicted octanol–water partition coefficient (Wildman–Crippen LogP) is 22.6. The highest BCUT2D eigenvalue weighted by Gasteiger charge is 2.21. The average Bonchev–Trinajstić information content (AvgIpc) is 3.25. The third kappa shape index (κ3) is 16.2. The van der Waals surface area contributed by atoms with Crippen LogP contribution in [-0.2, 0) is 0 Å². The second kappa shape index (κ2) is 31.6. The molecule has 2 heterocycles. The molecule has 6 aromatic rings. The number of hydrogen-bond donors (Lipinski definition) is 0. The second-order valence-corrected chi connectivity index (χ2v) is 20.8. The van der Waals surface area contributed by atoms with Crippen LogP contribution in [0.15, 0.2) is 404 Å². The molecule has 1 atom stereocenters. The van der Waals surface area contributed by atoms with Crippen molar-refractivity contribution in [1.82, 2.24) is 9.13 Å². The fourth-order valence-electron chi connectivity index (χ4n) is 10.4. The Morgan fingerprint density at radius 2 is 1.15 bits per heavy atom. The fourth-order valence-corrected chi connectivity index (χ4v) is 10.4. The first kappa shape index (κ1) is 62.8. The van der Waals surface area contributed by atoms with Crippen molar-refractivity contribution in [2.24, 2.45) is 0 Å². The average molecular weight is 1140 g/mol. The number of fused-ring (bicyclic) bond motifs is 2. The van der Waals surface area contributed by atoms with Gasteiger partial charge in [0, 0.05) is 52.8 Å². The molecule has 1 unspecified atom stereocenters. The van der Waals surface area contributed by atoms with E-state index in [9.17, 15) is 0 Å². The van der Waals surface area contributed by atoms with Gasteiger partial charge in [-0.25, -0.2) is 0 Å². The molecule has 0 saturated carbocycles. The number of aromatic nitrogens is 2. The largest absolute Gasteiger partial charge is 0.334 e. The van der Waals surface area contributed by atoms with Gasteiger partial charge in [0.1, 0.15) is 0 Å². The molecule has 2 aromatic heterocycles. The lowest BCUT2D eigenvalue weighted by Gasteiger charge is -2.34. The van der Waals surface area contributed by atoms with E-state index < -0.39 is 0 Å². The molecule has 0 spiro atoms. The maximum Gasteiger partial charge on any atom is 0.0560 e. The zero-order valence-corrected chi connectivity index (χ0v) is 50.6. The summed E-state index contributed by atoms with van der Waals surface area (Å²) in [7, 11) is 0. The Hall–Kier alpha value is -11.2. The standard InChI is InChI=1S/C84H78N4/c1-12-18-32-66(9)86-61-29-38-73(46-48-76-35-25-26-41-83(76)86)77-54-59-84-78(63-77)49-47-72(75-52-57-82(58-53-75)88(79(17-6)31-14-3)81-39-23-20-24-40-81)37-28-62-87(84)68(11)45-43-65(8)64(7)42-44-67(10)85(60-27-36-70(16-5)71-33-21-19-22-34-71)80-55-50-74(51-56-80)69(15-4)30-13-2/h12-18,20-21,23-57,59-63,82H,1-11,19,22,58H2/b32-18-,44-42-,45-43-,48-46?,49-47?,60-27+,61-29?,62-28?,69-30+,70-36+,72-37?,73-38?,79-31+. The first-order valence-electron chi connectivity index (χ1n) is 29.4. The van der Waals surface area contributed by atoms with E-state index in [0.717, 1.165) is 120 Å². The predicted molar refractivity (Wildman–Crippen MR) is 388 cm³/mol. The summed E-state index contributed by atoms with van der Waals surface area (Å²) >= 11 is 0. The van der Waals surface area contributed by atoms with Crippen molar-refractivity contribution < 1.29 is 0 Å². The molecule has 0 saturated heterocycles. The SMILES string of the molecule is C=C/C=C\C(=C)n1cccc(-c2ccc3c(ccc(C4=CCC(N(/C(C=C)=C/C=C)c5ccccc5)C=C4)cccn3C(=C)/C=C\C(=C)C(=C)/C=C\C(=C)N(/C=C/C=C(\C=C)C3=CCCC=C3)c3ccc(/C(C=C)=C/C=C)cc3)c2)ccc2ccccc21. The molecule has 2 aliphatic carbocycles. The molecular formula is C84H78N4. The number of rotatable bonds is 25. The Morgan fingerprint density at radius 1 is 0.489 bits per heavy atom. The maximum absolute atomic E-state index is 4.65. The van der Waals surface area contributed by atoms with Crippen molar-refractivity contribution in [3.05, 3.63) is 415 Å². The topological polar surface area (TPSA) is 16.3 Å². The third-order valence-corrected chi connectivity index (χ3v) is 15.1. The first-order chi connectivity index (χ1) is 43.0. The van der Waals surface area contributed by atoms with Gasteiger partial charge >= 0.3 is 0 Å². The van der Waals surface area contributed by atoms with Crippen LogP contribution < -0.4 is 9.80 Å². The molecule has 4 heteroatoms. The number of allylic oxidation sites excluding steroid dienone is 28. The van der Waals surface area contributed by atoms with Gasteiger partial charge in [-0.3, -0.25) is 0 Å². The molecule has 4 aromatic carbocycles. The van der Waals surface area contributed by atoms with Gasteiger partial charge in [0.25, 0.3) is 0 Å². The van der Waals surface area contributed by atoms with Crippen LogP contribution in [0.25, 0.3) is 55.5 Å². The van der Waals surface area contributed by atoms with Gasteiger partial charge in [0.2, 0.25) is 0 Å². The van der Waals surface area contributed by atoms with E-state index in [1.807, 2.05) is 102 Å². The lowest BCUT2D eigenvalue weighted by molar-refractivity contribution is 0.764. The van der Waals surface area contributed by atoms with Crippen molar-refractivity contribution in [1.29, 1.82) is 0 Å². The minimum Gasteiger partial charge on any atom is -0.334 e. The summed E-state index contributed by atoms with van der Waals surface area (Å²) in [5.41, 5.74) is 17.1. The van der Waals surface area contributed by atoms with Crippen molar-refractivity contribution in [2.75, 3.05) is 9.80 Å². The van der Waals surface area contributed by atoms with Gasteiger partial charge < -0.3 is 18.9 Å². The van der Waals surface area contributed by atoms with Crippen molar-refractivity contribution in [2.45, 2.75) is 25.3 Å². The van der Waals surface area contributed by atoms with Crippen molar-refractivity contribution >= 4 is 55.7 Å². The number of anilines is 2. The van der Waals surface area contributed by atoms with Gasteiger partial charge in [-0.05, 0) is 177 Å². The van der Waals surface area contributed by atoms with E-state index in [4.69, 9.17) is 0 Å². The molecule has 2 aliphatic rings. The Kier molecular flexibility index (Phi) is 22.6. The van der Waals surface area contributed by atoms with Crippen LogP contribution in [0.4, 0.5) is 11.4 Å². The highest BCUT2D eigenvalue weighted by atomic mass is 15.2. The van der Waals surface area contributed by atoms with Crippen LogP contribution in [0, 0.1) is 0 Å². The molecular weight excluding hydrogens is 1060 g/mol. The van der Waals surface area contributed by atoms with Crippen LogP contribution in [0.3, 0.4) is 0 Å². The first-order valence-corrected chi connectivity index (χ1v) is 29.4. The number of hydrogen-bond acceptors (Lipinski definition) is 2. The van der Waals surface area contributed by atoms with E-state index in [0.29, 0.717) is 11.1 Å². The molecule has 0 bridgehead atoms. The Balaban J connectivity index is 1.14. The quantitative estimate of drug-likeness (QED) is 0.0531. The highest BCUT2D eigenvalue weighted by molar-refractivity contribution is 5.89. The fraction of sp³-hybridized carbons (Fsp3) is 0.0476. The molecule has 88 heavy (non-hydrogen) atoms. The van der Waals surface area contributed by atoms with Gasteiger partial charge in [0.15, 0.2) is 0 Å². The molecule has 4 nitrogen and oxygen atoms in total. The van der Waals surface area contributed by atoms with Gasteiger partial charge in [-0.2, -0.15) is 0 Å². The van der Waals surface area contributed by atoms with Gasteiger partial charge in [0.05, 0.1) is 17.1 Å². The lowest BCUT2D eigenvalue weighted by Crippen LogP contribution is -2.33. The van der Waals surface area contributed by atoms with E-state index in [1.165, 1.54) is 0 Å². The zero-order chi connectivity index (χ0) is 62.2. The monoisotopic (exact) mass is 1140 g/mol. The highest BCUT2D eigenvalue weighted by Crippen LogP contribution is 2.33. The van der Waals surface area contributed by atoms with E-state index >= 15 is 0 Å². The Morgan fingerprint density at radius 3 is 1.82 bits per heavy atom. The van der Waals surface area contributed by atoms with Crippen molar-refractivity contribution in [3.8, 4) is 11.1 Å². The number of benzene rings is 4. The summed E-state index contributed by atoms with van der Waals surface area (Å²) in [6.45, 7) is 46.4. The van der Waals surface area contributed by atoms with Crippen LogP contribution in [0.1, 0.15) is 30.4 Å². The minimum atomic E-state index is 0.0582. The Labute approximate surface area is 523 Å². The molecule has 0 radical (unpaired) electrons. The van der Waals surface area contributed by atoms with E-state index in [2.05, 4.69) is 275 Å². The summed E-state index contributed by atoms with van der Waals surface area (Å²) in [6.07, 6.45) is 53.1. The van der Waals surface area contributed by atoms with Crippen LogP contribution in [0.2, 0.25) is 0 Å². The maximum atomic E-state index is 4.65. The van der Waals surface area contributed by atoms with Crippen molar-refractivity contribution in [3.63, 3.8) is 0 Å². The van der Waals surface area contributed by atoms with Crippen LogP contribution >= 0.6 is 0 Å². The van der Waals surface area contributed by atoms with Gasteiger partial charge in [-0.15, -0.1) is 0 Å².